The number of pyridine rings is 1. The number of hydrogen-bond acceptors (Lipinski definition) is 3. The second-order valence-electron chi connectivity index (χ2n) is 22.0. The first-order valence-corrected chi connectivity index (χ1v) is 23.3. The molecule has 0 spiro atoms. The Morgan fingerprint density at radius 1 is 0.636 bits per heavy atom. The summed E-state index contributed by atoms with van der Waals surface area (Å²) in [6.07, 6.45) is 6.69. The first-order valence-electron chi connectivity index (χ1n) is 23.3. The van der Waals surface area contributed by atoms with Gasteiger partial charge in [-0.1, -0.05) is 135 Å². The molecule has 4 aromatic heterocycles. The van der Waals surface area contributed by atoms with Crippen molar-refractivity contribution < 1.29 is 9.30 Å². The van der Waals surface area contributed by atoms with Crippen molar-refractivity contribution in [2.24, 2.45) is 0 Å². The van der Waals surface area contributed by atoms with E-state index in [4.69, 9.17) is 14.7 Å². The van der Waals surface area contributed by atoms with E-state index in [-0.39, 0.29) is 21.8 Å². The Kier molecular flexibility index (Phi) is 9.16. The second kappa shape index (κ2) is 14.5. The van der Waals surface area contributed by atoms with Crippen molar-refractivity contribution in [2.75, 3.05) is 0 Å². The SMILES string of the molecule is CC(C)(C)c1ccnc(-n2c3cc(Oc4cccc(-n5[c-][n+](-c6c(C(C)(C)C)cccc6C(C)(C)C)c6ccccc65)c4)ccc3c3ccc4c(nc5n4C(C)(C)Cc4ccccc4-5)c32)c1. The van der Waals surface area contributed by atoms with Crippen LogP contribution < -0.4 is 9.30 Å². The number of aromatic nitrogens is 6. The van der Waals surface area contributed by atoms with Gasteiger partial charge in [0.15, 0.2) is 0 Å². The van der Waals surface area contributed by atoms with Crippen LogP contribution in [0, 0.1) is 6.33 Å². The van der Waals surface area contributed by atoms with Crippen molar-refractivity contribution in [1.29, 1.82) is 0 Å². The Bertz CT molecular complexity index is 3540. The summed E-state index contributed by atoms with van der Waals surface area (Å²) in [6, 6.07) is 47.7. The summed E-state index contributed by atoms with van der Waals surface area (Å²) in [5.74, 6) is 3.32. The zero-order valence-electron chi connectivity index (χ0n) is 40.1. The van der Waals surface area contributed by atoms with Crippen LogP contribution in [-0.4, -0.2) is 23.7 Å². The Balaban J connectivity index is 1.07. The average molecular weight is 867 g/mol. The molecule has 1 aliphatic rings. The zero-order chi connectivity index (χ0) is 46.1. The van der Waals surface area contributed by atoms with Crippen LogP contribution in [0.5, 0.6) is 11.5 Å². The summed E-state index contributed by atoms with van der Waals surface area (Å²) in [6.45, 7) is 25.1. The normalized spacial score (nSPS) is 14.0. The fourth-order valence-electron chi connectivity index (χ4n) is 10.4. The molecule has 0 amide bonds. The van der Waals surface area contributed by atoms with Gasteiger partial charge in [0.1, 0.15) is 28.7 Å². The molecular formula is C59H58N6O. The van der Waals surface area contributed by atoms with Crippen molar-refractivity contribution >= 4 is 43.9 Å². The van der Waals surface area contributed by atoms with E-state index >= 15 is 0 Å². The lowest BCUT2D eigenvalue weighted by Crippen LogP contribution is -2.37. The fourth-order valence-corrected chi connectivity index (χ4v) is 10.4. The third-order valence-corrected chi connectivity index (χ3v) is 13.6. The monoisotopic (exact) mass is 866 g/mol. The first kappa shape index (κ1) is 41.7. The Hall–Kier alpha value is -6.99. The van der Waals surface area contributed by atoms with Gasteiger partial charge in [0.05, 0.1) is 39.0 Å². The highest BCUT2D eigenvalue weighted by molar-refractivity contribution is 6.17. The third-order valence-electron chi connectivity index (χ3n) is 13.6. The van der Waals surface area contributed by atoms with E-state index in [1.807, 2.05) is 12.3 Å². The van der Waals surface area contributed by atoms with Gasteiger partial charge in [-0.2, -0.15) is 0 Å². The molecule has 330 valence electrons. The molecule has 0 radical (unpaired) electrons. The van der Waals surface area contributed by atoms with Crippen LogP contribution in [0.3, 0.4) is 0 Å². The minimum Gasteiger partial charge on any atom is -0.458 e. The quantitative estimate of drug-likeness (QED) is 0.128. The first-order chi connectivity index (χ1) is 31.4. The molecular weight excluding hydrogens is 809 g/mol. The van der Waals surface area contributed by atoms with Gasteiger partial charge >= 0.3 is 0 Å². The molecule has 0 bridgehead atoms. The van der Waals surface area contributed by atoms with Crippen LogP contribution in [0.15, 0.2) is 140 Å². The highest BCUT2D eigenvalue weighted by Gasteiger charge is 2.35. The molecule has 0 atom stereocenters. The maximum absolute atomic E-state index is 6.88. The molecule has 5 heterocycles. The van der Waals surface area contributed by atoms with E-state index in [1.54, 1.807) is 0 Å². The number of nitrogens with zero attached hydrogens (tertiary/aromatic N) is 6. The highest BCUT2D eigenvalue weighted by Crippen LogP contribution is 2.45. The van der Waals surface area contributed by atoms with Crippen molar-refractivity contribution in [1.82, 2.24) is 23.7 Å². The van der Waals surface area contributed by atoms with Crippen LogP contribution in [-0.2, 0) is 28.2 Å². The van der Waals surface area contributed by atoms with Gasteiger partial charge in [0.25, 0.3) is 6.33 Å². The summed E-state index contributed by atoms with van der Waals surface area (Å²) < 4.78 is 16.1. The van der Waals surface area contributed by atoms with Crippen LogP contribution in [0.2, 0.25) is 0 Å². The van der Waals surface area contributed by atoms with Gasteiger partial charge in [0, 0.05) is 34.1 Å². The molecule has 1 aliphatic heterocycles. The van der Waals surface area contributed by atoms with Gasteiger partial charge in [0.2, 0.25) is 0 Å². The van der Waals surface area contributed by atoms with Gasteiger partial charge in [-0.05, 0) is 113 Å². The number of rotatable bonds is 5. The zero-order valence-corrected chi connectivity index (χ0v) is 40.1. The smallest absolute Gasteiger partial charge is 0.269 e. The minimum atomic E-state index is -0.167. The van der Waals surface area contributed by atoms with E-state index in [1.165, 1.54) is 33.5 Å². The van der Waals surface area contributed by atoms with Crippen LogP contribution >= 0.6 is 0 Å². The van der Waals surface area contributed by atoms with Crippen LogP contribution in [0.4, 0.5) is 0 Å². The molecule has 0 N–H and O–H groups in total. The lowest BCUT2D eigenvalue weighted by atomic mass is 9.78. The summed E-state index contributed by atoms with van der Waals surface area (Å²) in [5, 5.41) is 2.24. The predicted molar refractivity (Wildman–Crippen MR) is 270 cm³/mol. The molecule has 66 heavy (non-hydrogen) atoms. The lowest BCUT2D eigenvalue weighted by Gasteiger charge is -2.34. The van der Waals surface area contributed by atoms with Gasteiger partial charge in [-0.15, -0.1) is 0 Å². The molecule has 0 aliphatic carbocycles. The number of para-hydroxylation sites is 3. The molecule has 0 saturated heterocycles. The number of fused-ring (bicyclic) bond motifs is 10. The van der Waals surface area contributed by atoms with Crippen molar-refractivity contribution in [3.63, 3.8) is 0 Å². The number of imidazole rings is 2. The number of hydrogen-bond donors (Lipinski definition) is 0. The summed E-state index contributed by atoms with van der Waals surface area (Å²) in [4.78, 5) is 10.6. The highest BCUT2D eigenvalue weighted by atomic mass is 16.5. The number of ether oxygens (including phenoxy) is 1. The second-order valence-corrected chi connectivity index (χ2v) is 22.0. The van der Waals surface area contributed by atoms with Gasteiger partial charge < -0.3 is 9.30 Å². The molecule has 7 heteroatoms. The maximum atomic E-state index is 6.88. The maximum Gasteiger partial charge on any atom is 0.269 e. The Labute approximate surface area is 388 Å². The van der Waals surface area contributed by atoms with E-state index < -0.39 is 0 Å². The number of benzene rings is 6. The van der Waals surface area contributed by atoms with E-state index in [0.717, 1.165) is 79.1 Å². The largest absolute Gasteiger partial charge is 0.458 e. The lowest BCUT2D eigenvalue weighted by molar-refractivity contribution is -0.574. The van der Waals surface area contributed by atoms with Crippen LogP contribution in [0.1, 0.15) is 98.4 Å². The fraction of sp³-hybridized carbons (Fsp3) is 0.271. The summed E-state index contributed by atoms with van der Waals surface area (Å²) in [7, 11) is 0. The average Bonchev–Trinajstić information content (AvgIpc) is 3.96. The topological polar surface area (TPSA) is 53.7 Å². The molecule has 0 fully saturated rings. The molecule has 7 nitrogen and oxygen atoms in total. The van der Waals surface area contributed by atoms with E-state index in [0.29, 0.717) is 0 Å². The Morgan fingerprint density at radius 3 is 2.09 bits per heavy atom. The standard InChI is InChI=1S/C59H58N6O/c1-56(2,3)38-30-31-60-51(32-38)64-50-34-41(26-27-43(50)44-28-29-49-52(53(44)64)61-55-42-21-13-12-18-37(42)35-59(10,11)65(49)55)66-40-20-16-19-39(33-40)62-36-63(48-25-15-14-24-47(48)62)54-45(57(4,5)6)22-17-23-46(54)58(7,8)9/h12-34H,35H2,1-11H3. The van der Waals surface area contributed by atoms with Gasteiger partial charge in [-0.3, -0.25) is 13.7 Å². The van der Waals surface area contributed by atoms with E-state index in [9.17, 15) is 0 Å². The van der Waals surface area contributed by atoms with Crippen molar-refractivity contribution in [3.8, 4) is 40.1 Å². The summed E-state index contributed by atoms with van der Waals surface area (Å²) >= 11 is 0. The third kappa shape index (κ3) is 6.65. The predicted octanol–water partition coefficient (Wildman–Crippen LogP) is 14.2. The van der Waals surface area contributed by atoms with Crippen LogP contribution in [0.25, 0.3) is 72.5 Å². The van der Waals surface area contributed by atoms with Crippen molar-refractivity contribution in [2.45, 2.75) is 104 Å². The van der Waals surface area contributed by atoms with Gasteiger partial charge in [-0.25, -0.2) is 9.97 Å². The molecule has 10 aromatic rings. The molecule has 0 unspecified atom stereocenters. The summed E-state index contributed by atoms with van der Waals surface area (Å²) in [5.41, 5.74) is 14.3. The Morgan fingerprint density at radius 2 is 1.33 bits per heavy atom. The molecule has 6 aromatic carbocycles. The minimum absolute atomic E-state index is 0.0705. The van der Waals surface area contributed by atoms with E-state index in [2.05, 4.69) is 228 Å². The molecule has 11 rings (SSSR count). The molecule has 0 saturated carbocycles. The van der Waals surface area contributed by atoms with Crippen molar-refractivity contribution in [3.05, 3.63) is 168 Å².